The van der Waals surface area contributed by atoms with E-state index in [4.69, 9.17) is 0 Å². The van der Waals surface area contributed by atoms with E-state index in [2.05, 4.69) is 0 Å². The molecule has 2 atom stereocenters. The predicted octanol–water partition coefficient (Wildman–Crippen LogP) is 2.72. The molecule has 1 N–H and O–H groups in total. The molecule has 5 nitrogen and oxygen atoms in total. The van der Waals surface area contributed by atoms with Crippen LogP contribution in [0.15, 0.2) is 54.6 Å². The molecule has 3 rings (SSSR count). The van der Waals surface area contributed by atoms with E-state index in [-0.39, 0.29) is 12.5 Å². The average molecular weight is 328 g/mol. The van der Waals surface area contributed by atoms with Gasteiger partial charge in [0.2, 0.25) is 0 Å². The van der Waals surface area contributed by atoms with Crippen molar-refractivity contribution in [1.29, 1.82) is 0 Å². The fourth-order valence-electron chi connectivity index (χ4n) is 2.81. The molecular formula is C18H17FN2O3. The van der Waals surface area contributed by atoms with Gasteiger partial charge in [-0.25, -0.2) is 9.18 Å². The van der Waals surface area contributed by atoms with Gasteiger partial charge in [-0.05, 0) is 36.8 Å². The van der Waals surface area contributed by atoms with Crippen LogP contribution in [0.5, 0.6) is 0 Å². The lowest BCUT2D eigenvalue weighted by atomic mass is 10.1. The highest BCUT2D eigenvalue weighted by atomic mass is 19.1. The van der Waals surface area contributed by atoms with Crippen LogP contribution in [0.1, 0.15) is 18.6 Å². The summed E-state index contributed by atoms with van der Waals surface area (Å²) in [5.74, 6) is -0.871. The fraction of sp³-hybridized carbons (Fsp3) is 0.222. The van der Waals surface area contributed by atoms with Crippen LogP contribution in [0.25, 0.3) is 0 Å². The SMILES string of the molecule is C[C@H]1C(=O)N(C[C@@H](O)c2cccc(F)c2)C(=O)N1c1ccccc1. The Morgan fingerprint density at radius 2 is 1.83 bits per heavy atom. The molecule has 2 aromatic rings. The van der Waals surface area contributed by atoms with E-state index in [1.54, 1.807) is 37.3 Å². The monoisotopic (exact) mass is 328 g/mol. The van der Waals surface area contributed by atoms with Crippen molar-refractivity contribution in [3.05, 3.63) is 66.0 Å². The summed E-state index contributed by atoms with van der Waals surface area (Å²) in [4.78, 5) is 27.4. The maximum atomic E-state index is 13.3. The van der Waals surface area contributed by atoms with Crippen molar-refractivity contribution < 1.29 is 19.1 Å². The van der Waals surface area contributed by atoms with Crippen LogP contribution in [0.4, 0.5) is 14.9 Å². The van der Waals surface area contributed by atoms with Gasteiger partial charge in [0.1, 0.15) is 11.9 Å². The molecule has 1 heterocycles. The highest BCUT2D eigenvalue weighted by molar-refractivity contribution is 6.14. The van der Waals surface area contributed by atoms with Gasteiger partial charge in [0, 0.05) is 5.69 Å². The zero-order chi connectivity index (χ0) is 17.3. The van der Waals surface area contributed by atoms with Gasteiger partial charge in [-0.3, -0.25) is 14.6 Å². The van der Waals surface area contributed by atoms with E-state index in [9.17, 15) is 19.1 Å². The van der Waals surface area contributed by atoms with Gasteiger partial charge in [-0.2, -0.15) is 0 Å². The number of aliphatic hydroxyl groups excluding tert-OH is 1. The number of carbonyl (C=O) groups is 2. The van der Waals surface area contributed by atoms with Gasteiger partial charge in [-0.15, -0.1) is 0 Å². The maximum Gasteiger partial charge on any atom is 0.332 e. The second-order valence-electron chi connectivity index (χ2n) is 5.68. The maximum absolute atomic E-state index is 13.3. The number of anilines is 1. The van der Waals surface area contributed by atoms with Crippen molar-refractivity contribution in [2.75, 3.05) is 11.4 Å². The lowest BCUT2D eigenvalue weighted by Gasteiger charge is -2.20. The molecule has 3 amide bonds. The number of urea groups is 1. The van der Waals surface area contributed by atoms with Crippen LogP contribution in [-0.2, 0) is 4.79 Å². The van der Waals surface area contributed by atoms with E-state index in [0.29, 0.717) is 11.3 Å². The minimum Gasteiger partial charge on any atom is -0.387 e. The molecule has 0 spiro atoms. The Morgan fingerprint density at radius 3 is 2.50 bits per heavy atom. The van der Waals surface area contributed by atoms with Crippen molar-refractivity contribution in [2.24, 2.45) is 0 Å². The molecule has 6 heteroatoms. The minimum atomic E-state index is -1.14. The van der Waals surface area contributed by atoms with Crippen molar-refractivity contribution in [3.63, 3.8) is 0 Å². The molecule has 0 bridgehead atoms. The number of benzene rings is 2. The van der Waals surface area contributed by atoms with Crippen molar-refractivity contribution >= 4 is 17.6 Å². The fourth-order valence-corrected chi connectivity index (χ4v) is 2.81. The predicted molar refractivity (Wildman–Crippen MR) is 86.9 cm³/mol. The summed E-state index contributed by atoms with van der Waals surface area (Å²) in [5.41, 5.74) is 0.938. The van der Waals surface area contributed by atoms with Gasteiger partial charge in [0.25, 0.3) is 5.91 Å². The van der Waals surface area contributed by atoms with Crippen LogP contribution in [-0.4, -0.2) is 34.5 Å². The zero-order valence-corrected chi connectivity index (χ0v) is 13.1. The normalized spacial score (nSPS) is 19.0. The number of halogens is 1. The Hall–Kier alpha value is -2.73. The molecular weight excluding hydrogens is 311 g/mol. The molecule has 0 saturated carbocycles. The second-order valence-corrected chi connectivity index (χ2v) is 5.68. The molecule has 0 unspecified atom stereocenters. The summed E-state index contributed by atoms with van der Waals surface area (Å²) < 4.78 is 13.3. The van der Waals surface area contributed by atoms with Crippen LogP contribution >= 0.6 is 0 Å². The lowest BCUT2D eigenvalue weighted by molar-refractivity contribution is -0.127. The van der Waals surface area contributed by atoms with E-state index in [0.717, 1.165) is 4.90 Å². The summed E-state index contributed by atoms with van der Waals surface area (Å²) in [7, 11) is 0. The highest BCUT2D eigenvalue weighted by Gasteiger charge is 2.43. The number of imide groups is 1. The van der Waals surface area contributed by atoms with Gasteiger partial charge < -0.3 is 5.11 Å². The largest absolute Gasteiger partial charge is 0.387 e. The Balaban J connectivity index is 1.81. The molecule has 1 saturated heterocycles. The highest BCUT2D eigenvalue weighted by Crippen LogP contribution is 2.27. The van der Waals surface area contributed by atoms with Crippen molar-refractivity contribution in [2.45, 2.75) is 19.1 Å². The van der Waals surface area contributed by atoms with Crippen LogP contribution in [0.2, 0.25) is 0 Å². The number of amides is 3. The third kappa shape index (κ3) is 2.88. The quantitative estimate of drug-likeness (QED) is 0.878. The summed E-state index contributed by atoms with van der Waals surface area (Å²) in [6.07, 6.45) is -1.14. The number of hydrogen-bond acceptors (Lipinski definition) is 3. The number of para-hydroxylation sites is 1. The third-order valence-corrected chi connectivity index (χ3v) is 4.07. The van der Waals surface area contributed by atoms with Crippen LogP contribution < -0.4 is 4.90 Å². The number of nitrogens with zero attached hydrogens (tertiary/aromatic N) is 2. The first kappa shape index (κ1) is 16.1. The number of rotatable bonds is 4. The Morgan fingerprint density at radius 1 is 1.12 bits per heavy atom. The number of hydrogen-bond donors (Lipinski definition) is 1. The van der Waals surface area contributed by atoms with Crippen molar-refractivity contribution in [1.82, 2.24) is 4.90 Å². The third-order valence-electron chi connectivity index (χ3n) is 4.07. The van der Waals surface area contributed by atoms with Gasteiger partial charge in [-0.1, -0.05) is 30.3 Å². The standard InChI is InChI=1S/C18H17FN2O3/c1-12-17(23)20(11-16(22)13-6-5-7-14(19)10-13)18(24)21(12)15-8-3-2-4-9-15/h2-10,12,16,22H,11H2,1H3/t12-,16+/m0/s1. The molecule has 24 heavy (non-hydrogen) atoms. The number of aliphatic hydroxyl groups is 1. The molecule has 1 fully saturated rings. The molecule has 124 valence electrons. The molecule has 2 aromatic carbocycles. The summed E-state index contributed by atoms with van der Waals surface area (Å²) in [5, 5.41) is 10.3. The molecule has 0 aromatic heterocycles. The molecule has 0 aliphatic carbocycles. The second kappa shape index (κ2) is 6.41. The average Bonchev–Trinajstić information content (AvgIpc) is 2.79. The number of β-amino-alcohol motifs (C(OH)–C–C–N with tert-alkyl or cyclic N) is 1. The first-order chi connectivity index (χ1) is 11.5. The topological polar surface area (TPSA) is 60.9 Å². The van der Waals surface area contributed by atoms with E-state index >= 15 is 0 Å². The molecule has 0 radical (unpaired) electrons. The smallest absolute Gasteiger partial charge is 0.332 e. The molecule has 1 aliphatic heterocycles. The Bertz CT molecular complexity index is 766. The van der Waals surface area contributed by atoms with Gasteiger partial charge in [0.05, 0.1) is 12.6 Å². The summed E-state index contributed by atoms with van der Waals surface area (Å²) in [6, 6.07) is 13.2. The number of carbonyl (C=O) groups excluding carboxylic acids is 2. The Kier molecular flexibility index (Phi) is 4.31. The van der Waals surface area contributed by atoms with Crippen LogP contribution in [0.3, 0.4) is 0 Å². The minimum absolute atomic E-state index is 0.213. The van der Waals surface area contributed by atoms with E-state index in [1.165, 1.54) is 23.1 Å². The van der Waals surface area contributed by atoms with Crippen molar-refractivity contribution in [3.8, 4) is 0 Å². The Labute approximate surface area is 138 Å². The first-order valence-electron chi connectivity index (χ1n) is 7.62. The first-order valence-corrected chi connectivity index (χ1v) is 7.62. The van der Waals surface area contributed by atoms with E-state index in [1.807, 2.05) is 6.07 Å². The summed E-state index contributed by atoms with van der Waals surface area (Å²) >= 11 is 0. The van der Waals surface area contributed by atoms with Crippen LogP contribution in [0, 0.1) is 5.82 Å². The summed E-state index contributed by atoms with van der Waals surface area (Å²) in [6.45, 7) is 1.43. The van der Waals surface area contributed by atoms with E-state index < -0.39 is 24.0 Å². The lowest BCUT2D eigenvalue weighted by Crippen LogP contribution is -2.36. The molecule has 1 aliphatic rings. The van der Waals surface area contributed by atoms with Gasteiger partial charge in [0.15, 0.2) is 0 Å². The van der Waals surface area contributed by atoms with Gasteiger partial charge >= 0.3 is 6.03 Å². The zero-order valence-electron chi connectivity index (χ0n) is 13.1.